The highest BCUT2D eigenvalue weighted by Crippen LogP contribution is 1.99. The maximum absolute atomic E-state index is 3.80. The van der Waals surface area contributed by atoms with Crippen LogP contribution in [0.5, 0.6) is 0 Å². The first-order chi connectivity index (χ1) is 4.30. The zero-order valence-electron chi connectivity index (χ0n) is 5.50. The smallest absolute Gasteiger partial charge is 0.150 e. The van der Waals surface area contributed by atoms with Crippen LogP contribution < -0.4 is 4.90 Å². The predicted octanol–water partition coefficient (Wildman–Crippen LogP) is 0.343. The summed E-state index contributed by atoms with van der Waals surface area (Å²) >= 11 is 0. The first-order valence-corrected chi connectivity index (χ1v) is 2.68. The SMILES string of the molecule is CN(C)c1cc[c]nn1. The van der Waals surface area contributed by atoms with Gasteiger partial charge in [0.05, 0.1) is 0 Å². The first kappa shape index (κ1) is 6.01. The van der Waals surface area contributed by atoms with Crippen LogP contribution in [0.15, 0.2) is 12.1 Å². The Balaban J connectivity index is 2.85. The van der Waals surface area contributed by atoms with Crippen molar-refractivity contribution in [1.29, 1.82) is 0 Å². The zero-order valence-corrected chi connectivity index (χ0v) is 5.50. The molecule has 0 atom stereocenters. The van der Waals surface area contributed by atoms with Gasteiger partial charge in [-0.3, -0.25) is 0 Å². The van der Waals surface area contributed by atoms with E-state index in [0.717, 1.165) is 5.82 Å². The molecule has 0 aliphatic rings. The Morgan fingerprint density at radius 3 is 2.67 bits per heavy atom. The lowest BCUT2D eigenvalue weighted by Crippen LogP contribution is -2.10. The van der Waals surface area contributed by atoms with E-state index in [1.807, 2.05) is 25.1 Å². The third-order valence-corrected chi connectivity index (χ3v) is 0.975. The van der Waals surface area contributed by atoms with E-state index in [2.05, 4.69) is 16.4 Å². The van der Waals surface area contributed by atoms with Gasteiger partial charge in [0.15, 0.2) is 5.82 Å². The molecule has 0 saturated heterocycles. The molecule has 1 aromatic rings. The Hall–Kier alpha value is -1.12. The van der Waals surface area contributed by atoms with Gasteiger partial charge in [0.1, 0.15) is 6.20 Å². The molecule has 0 unspecified atom stereocenters. The largest absolute Gasteiger partial charge is 0.361 e. The first-order valence-electron chi connectivity index (χ1n) is 2.68. The van der Waals surface area contributed by atoms with Crippen LogP contribution >= 0.6 is 0 Å². The molecule has 9 heavy (non-hydrogen) atoms. The topological polar surface area (TPSA) is 29.0 Å². The second-order valence-electron chi connectivity index (χ2n) is 1.92. The Bertz CT molecular complexity index is 171. The van der Waals surface area contributed by atoms with Crippen molar-refractivity contribution in [2.24, 2.45) is 0 Å². The maximum atomic E-state index is 3.80. The van der Waals surface area contributed by atoms with Crippen LogP contribution in [-0.4, -0.2) is 24.3 Å². The Morgan fingerprint density at radius 1 is 1.56 bits per heavy atom. The van der Waals surface area contributed by atoms with Crippen molar-refractivity contribution in [3.05, 3.63) is 18.3 Å². The standard InChI is InChI=1S/C6H8N3/c1-9(2)6-4-3-5-7-8-6/h3-4H,1-2H3. The van der Waals surface area contributed by atoms with Crippen LogP contribution in [0.2, 0.25) is 0 Å². The monoisotopic (exact) mass is 122 g/mol. The van der Waals surface area contributed by atoms with E-state index in [-0.39, 0.29) is 0 Å². The van der Waals surface area contributed by atoms with Crippen LogP contribution in [0, 0.1) is 6.20 Å². The maximum Gasteiger partial charge on any atom is 0.150 e. The second-order valence-corrected chi connectivity index (χ2v) is 1.92. The van der Waals surface area contributed by atoms with Crippen molar-refractivity contribution in [2.45, 2.75) is 0 Å². The normalized spacial score (nSPS) is 9.11. The minimum atomic E-state index is 0.855. The summed E-state index contributed by atoms with van der Waals surface area (Å²) in [4.78, 5) is 1.89. The summed E-state index contributed by atoms with van der Waals surface area (Å²) in [5, 5.41) is 7.39. The van der Waals surface area contributed by atoms with Gasteiger partial charge >= 0.3 is 0 Å². The minimum Gasteiger partial charge on any atom is -0.361 e. The van der Waals surface area contributed by atoms with Gasteiger partial charge in [0, 0.05) is 14.1 Å². The summed E-state index contributed by atoms with van der Waals surface area (Å²) in [5.74, 6) is 0.855. The molecule has 0 aromatic carbocycles. The number of hydrogen-bond acceptors (Lipinski definition) is 3. The molecule has 0 amide bonds. The van der Waals surface area contributed by atoms with Gasteiger partial charge in [-0.25, -0.2) is 0 Å². The molecular weight excluding hydrogens is 114 g/mol. The molecule has 0 aliphatic carbocycles. The van der Waals surface area contributed by atoms with Crippen LogP contribution in [-0.2, 0) is 0 Å². The minimum absolute atomic E-state index is 0.855. The van der Waals surface area contributed by atoms with Crippen LogP contribution in [0.4, 0.5) is 5.82 Å². The molecule has 0 aliphatic heterocycles. The molecule has 1 rings (SSSR count). The lowest BCUT2D eigenvalue weighted by Gasteiger charge is -2.07. The molecule has 1 heterocycles. The summed E-state index contributed by atoms with van der Waals surface area (Å²) in [6, 6.07) is 3.59. The van der Waals surface area contributed by atoms with Gasteiger partial charge in [-0.2, -0.15) is 0 Å². The highest BCUT2D eigenvalue weighted by molar-refractivity contribution is 5.32. The van der Waals surface area contributed by atoms with Crippen LogP contribution in [0.25, 0.3) is 0 Å². The highest BCUT2D eigenvalue weighted by Gasteiger charge is 1.91. The van der Waals surface area contributed by atoms with Crippen molar-refractivity contribution in [3.8, 4) is 0 Å². The number of anilines is 1. The zero-order chi connectivity index (χ0) is 6.69. The summed E-state index contributed by atoms with van der Waals surface area (Å²) in [6.07, 6.45) is 2.60. The van der Waals surface area contributed by atoms with Crippen molar-refractivity contribution < 1.29 is 0 Å². The van der Waals surface area contributed by atoms with Gasteiger partial charge in [0.2, 0.25) is 0 Å². The van der Waals surface area contributed by atoms with E-state index in [4.69, 9.17) is 0 Å². The lowest BCUT2D eigenvalue weighted by atomic mass is 10.5. The number of nitrogens with zero attached hydrogens (tertiary/aromatic N) is 3. The number of rotatable bonds is 1. The summed E-state index contributed by atoms with van der Waals surface area (Å²) in [6.45, 7) is 0. The molecule has 1 aromatic heterocycles. The van der Waals surface area contributed by atoms with Crippen molar-refractivity contribution >= 4 is 5.82 Å². The highest BCUT2D eigenvalue weighted by atomic mass is 15.2. The van der Waals surface area contributed by atoms with Gasteiger partial charge < -0.3 is 4.90 Å². The Kier molecular flexibility index (Phi) is 1.63. The van der Waals surface area contributed by atoms with Gasteiger partial charge in [-0.05, 0) is 12.1 Å². The molecule has 0 saturated carbocycles. The summed E-state index contributed by atoms with van der Waals surface area (Å²) in [5.41, 5.74) is 0. The number of aromatic nitrogens is 2. The van der Waals surface area contributed by atoms with E-state index in [0.29, 0.717) is 0 Å². The molecular formula is C6H8N3. The van der Waals surface area contributed by atoms with Crippen molar-refractivity contribution in [2.75, 3.05) is 19.0 Å². The second kappa shape index (κ2) is 2.44. The molecule has 3 nitrogen and oxygen atoms in total. The lowest BCUT2D eigenvalue weighted by molar-refractivity contribution is 0.959. The van der Waals surface area contributed by atoms with Gasteiger partial charge in [-0.15, -0.1) is 10.2 Å². The molecule has 3 heteroatoms. The average molecular weight is 122 g/mol. The van der Waals surface area contributed by atoms with Crippen LogP contribution in [0.1, 0.15) is 0 Å². The summed E-state index contributed by atoms with van der Waals surface area (Å²) in [7, 11) is 3.84. The molecule has 0 N–H and O–H groups in total. The fourth-order valence-corrected chi connectivity index (χ4v) is 0.497. The molecule has 0 fully saturated rings. The Morgan fingerprint density at radius 2 is 2.33 bits per heavy atom. The van der Waals surface area contributed by atoms with Crippen molar-refractivity contribution in [3.63, 3.8) is 0 Å². The molecule has 0 spiro atoms. The fraction of sp³-hybridized carbons (Fsp3) is 0.333. The average Bonchev–Trinajstić information content (AvgIpc) is 1.90. The Labute approximate surface area is 54.3 Å². The van der Waals surface area contributed by atoms with E-state index in [9.17, 15) is 0 Å². The molecule has 47 valence electrons. The van der Waals surface area contributed by atoms with E-state index >= 15 is 0 Å². The van der Waals surface area contributed by atoms with Gasteiger partial charge in [-0.1, -0.05) is 0 Å². The van der Waals surface area contributed by atoms with Crippen LogP contribution in [0.3, 0.4) is 0 Å². The van der Waals surface area contributed by atoms with E-state index in [1.165, 1.54) is 0 Å². The third-order valence-electron chi connectivity index (χ3n) is 0.975. The quantitative estimate of drug-likeness (QED) is 0.538. The fourth-order valence-electron chi connectivity index (χ4n) is 0.497. The van der Waals surface area contributed by atoms with E-state index < -0.39 is 0 Å². The van der Waals surface area contributed by atoms with Crippen molar-refractivity contribution in [1.82, 2.24) is 10.2 Å². The molecule has 0 bridgehead atoms. The number of hydrogen-bond donors (Lipinski definition) is 0. The van der Waals surface area contributed by atoms with Gasteiger partial charge in [0.25, 0.3) is 0 Å². The van der Waals surface area contributed by atoms with E-state index in [1.54, 1.807) is 6.07 Å². The third kappa shape index (κ3) is 1.38. The molecule has 1 radical (unpaired) electrons. The predicted molar refractivity (Wildman–Crippen MR) is 35.2 cm³/mol. The summed E-state index contributed by atoms with van der Waals surface area (Å²) < 4.78 is 0.